The van der Waals surface area contributed by atoms with Gasteiger partial charge in [-0.15, -0.1) is 11.8 Å². The van der Waals surface area contributed by atoms with Crippen molar-refractivity contribution in [3.8, 4) is 0 Å². The quantitative estimate of drug-likeness (QED) is 0.178. The molecule has 38 heavy (non-hydrogen) atoms. The maximum atomic E-state index is 13.2. The van der Waals surface area contributed by atoms with Gasteiger partial charge in [0, 0.05) is 28.7 Å². The van der Waals surface area contributed by atoms with Gasteiger partial charge in [-0.1, -0.05) is 6.92 Å². The summed E-state index contributed by atoms with van der Waals surface area (Å²) in [5.41, 5.74) is 5.32. The van der Waals surface area contributed by atoms with E-state index in [0.29, 0.717) is 48.5 Å². The number of likely N-dealkylation sites (N-methyl/N-ethyl adjacent to an activating group) is 1. The van der Waals surface area contributed by atoms with Crippen LogP contribution in [0.1, 0.15) is 20.3 Å². The van der Waals surface area contributed by atoms with Gasteiger partial charge in [0.2, 0.25) is 21.8 Å². The van der Waals surface area contributed by atoms with Crippen molar-refractivity contribution in [2.45, 2.75) is 43.6 Å². The van der Waals surface area contributed by atoms with E-state index < -0.39 is 45.9 Å². The fourth-order valence-corrected chi connectivity index (χ4v) is 8.49. The average Bonchev–Trinajstić information content (AvgIpc) is 3.34. The van der Waals surface area contributed by atoms with Gasteiger partial charge in [-0.2, -0.15) is 0 Å². The lowest BCUT2D eigenvalue weighted by Gasteiger charge is -2.47. The van der Waals surface area contributed by atoms with Crippen molar-refractivity contribution >= 4 is 45.5 Å². The molecule has 15 heteroatoms. The molecule has 0 aromatic heterocycles. The predicted octanol–water partition coefficient (Wildman–Crippen LogP) is -2.07. The van der Waals surface area contributed by atoms with Crippen molar-refractivity contribution in [2.75, 3.05) is 52.6 Å². The second kappa shape index (κ2) is 10.4. The number of hydrogen-bond donors (Lipinski definition) is 4. The summed E-state index contributed by atoms with van der Waals surface area (Å²) in [6.45, 7) is 6.59. The van der Waals surface area contributed by atoms with E-state index in [1.54, 1.807) is 11.8 Å². The standard InChI is InChI=1S/C23H36N6O7S2/c1-12-18-17(13(2)26-38(4,35)36)22(32)28(18)19(23(33)34)20(12)37-14-9-15(25-10-14)21(31)27-5-7-29(3,8-6-27)11-16(24)30/h12-15,17-18,25-26H,5-11H2,1-4H3,(H2-,24,30,33,34)/p+1/t12-,13-,14+,15+,17-,18-/m1/s1. The Morgan fingerprint density at radius 2 is 1.92 bits per heavy atom. The summed E-state index contributed by atoms with van der Waals surface area (Å²) in [7, 11) is -1.58. The molecule has 6 atom stereocenters. The molecule has 4 aliphatic rings. The largest absolute Gasteiger partial charge is 0.477 e. The van der Waals surface area contributed by atoms with Crippen molar-refractivity contribution in [3.63, 3.8) is 0 Å². The minimum atomic E-state index is -3.53. The highest BCUT2D eigenvalue weighted by atomic mass is 32.2. The van der Waals surface area contributed by atoms with Crippen LogP contribution in [0.2, 0.25) is 0 Å². The molecule has 0 aromatic rings. The number of quaternary nitrogens is 1. The fourth-order valence-electron chi connectivity index (χ4n) is 6.19. The number of fused-ring (bicyclic) bond motifs is 1. The average molecular weight is 574 g/mol. The number of primary amides is 1. The third kappa shape index (κ3) is 5.57. The van der Waals surface area contributed by atoms with Crippen LogP contribution in [0.4, 0.5) is 0 Å². The molecule has 5 N–H and O–H groups in total. The Balaban J connectivity index is 1.39. The summed E-state index contributed by atoms with van der Waals surface area (Å²) in [6.07, 6.45) is 1.54. The number of hydrogen-bond acceptors (Lipinski definition) is 8. The first kappa shape index (κ1) is 28.8. The van der Waals surface area contributed by atoms with Gasteiger partial charge in [0.15, 0.2) is 6.54 Å². The zero-order valence-electron chi connectivity index (χ0n) is 22.0. The summed E-state index contributed by atoms with van der Waals surface area (Å²) in [6, 6.07) is -1.49. The number of rotatable bonds is 9. The molecule has 3 saturated heterocycles. The molecule has 0 saturated carbocycles. The second-order valence-corrected chi connectivity index (χ2v) is 14.3. The first-order chi connectivity index (χ1) is 17.6. The van der Waals surface area contributed by atoms with E-state index in [0.717, 1.165) is 6.26 Å². The number of nitrogens with zero attached hydrogens (tertiary/aromatic N) is 3. The minimum absolute atomic E-state index is 0.00920. The molecule has 4 aliphatic heterocycles. The molecule has 212 valence electrons. The molecule has 0 bridgehead atoms. The molecule has 4 rings (SSSR count). The molecule has 0 radical (unpaired) electrons. The Morgan fingerprint density at radius 1 is 1.29 bits per heavy atom. The van der Waals surface area contributed by atoms with Gasteiger partial charge in [-0.3, -0.25) is 14.4 Å². The Kier molecular flexibility index (Phi) is 7.89. The SMILES string of the molecule is C[C@@H](NS(C)(=O)=O)[C@H]1C(=O)N2C(C(=O)O)=C(S[C@@H]3CN[C@H](C(=O)N4CC[N+](C)(CC(N)=O)CC4)C3)[C@H](C)[C@H]12. The highest BCUT2D eigenvalue weighted by Gasteiger charge is 2.60. The van der Waals surface area contributed by atoms with Crippen LogP contribution in [-0.4, -0.2) is 127 Å². The Morgan fingerprint density at radius 3 is 2.47 bits per heavy atom. The van der Waals surface area contributed by atoms with Crippen LogP contribution >= 0.6 is 11.8 Å². The number of nitrogens with two attached hydrogens (primary N) is 1. The van der Waals surface area contributed by atoms with E-state index in [-0.39, 0.29) is 35.2 Å². The number of carbonyl (C=O) groups excluding carboxylic acids is 3. The van der Waals surface area contributed by atoms with E-state index >= 15 is 0 Å². The maximum absolute atomic E-state index is 13.2. The van der Waals surface area contributed by atoms with Gasteiger partial charge in [-0.05, 0) is 13.3 Å². The van der Waals surface area contributed by atoms with Gasteiger partial charge >= 0.3 is 5.97 Å². The van der Waals surface area contributed by atoms with Crippen molar-refractivity contribution in [1.82, 2.24) is 19.8 Å². The number of β-lactam (4-membered cyclic amide) rings is 1. The first-order valence-electron chi connectivity index (χ1n) is 12.7. The number of aliphatic carboxylic acids is 1. The molecule has 13 nitrogen and oxygen atoms in total. The third-order valence-corrected chi connectivity index (χ3v) is 10.4. The Labute approximate surface area is 226 Å². The van der Waals surface area contributed by atoms with Crippen LogP contribution in [0.25, 0.3) is 0 Å². The van der Waals surface area contributed by atoms with Gasteiger partial charge in [-0.25, -0.2) is 17.9 Å². The number of piperazine rings is 1. The van der Waals surface area contributed by atoms with E-state index in [1.165, 1.54) is 16.7 Å². The maximum Gasteiger partial charge on any atom is 0.353 e. The zero-order chi connectivity index (χ0) is 28.2. The highest BCUT2D eigenvalue weighted by Crippen LogP contribution is 2.51. The molecule has 0 spiro atoms. The highest BCUT2D eigenvalue weighted by molar-refractivity contribution is 8.03. The number of carboxylic acids is 1. The second-order valence-electron chi connectivity index (χ2n) is 11.2. The molecular weight excluding hydrogens is 536 g/mol. The minimum Gasteiger partial charge on any atom is -0.477 e. The summed E-state index contributed by atoms with van der Waals surface area (Å²) < 4.78 is 26.4. The number of amides is 3. The lowest BCUT2D eigenvalue weighted by atomic mass is 9.78. The summed E-state index contributed by atoms with van der Waals surface area (Å²) in [4.78, 5) is 53.3. The lowest BCUT2D eigenvalue weighted by molar-refractivity contribution is -0.905. The van der Waals surface area contributed by atoms with Crippen LogP contribution in [0.3, 0.4) is 0 Å². The van der Waals surface area contributed by atoms with Crippen molar-refractivity contribution in [1.29, 1.82) is 0 Å². The Bertz CT molecular complexity index is 1170. The van der Waals surface area contributed by atoms with Crippen LogP contribution in [0.15, 0.2) is 10.6 Å². The van der Waals surface area contributed by atoms with E-state index in [1.807, 2.05) is 14.0 Å². The van der Waals surface area contributed by atoms with Crippen molar-refractivity contribution in [2.24, 2.45) is 17.6 Å². The van der Waals surface area contributed by atoms with Gasteiger partial charge in [0.05, 0.1) is 57.5 Å². The van der Waals surface area contributed by atoms with Crippen LogP contribution in [0.5, 0.6) is 0 Å². The molecule has 3 amide bonds. The monoisotopic (exact) mass is 573 g/mol. The normalized spacial score (nSPS) is 31.7. The lowest BCUT2D eigenvalue weighted by Crippen LogP contribution is -2.66. The molecule has 4 heterocycles. The van der Waals surface area contributed by atoms with Gasteiger partial charge in [0.1, 0.15) is 5.70 Å². The third-order valence-electron chi connectivity index (χ3n) is 8.08. The molecule has 0 aliphatic carbocycles. The number of carboxylic acid groups (broad SMARTS) is 1. The fraction of sp³-hybridized carbons (Fsp3) is 0.739. The molecule has 0 unspecified atom stereocenters. The van der Waals surface area contributed by atoms with E-state index in [9.17, 15) is 32.7 Å². The predicted molar refractivity (Wildman–Crippen MR) is 140 cm³/mol. The van der Waals surface area contributed by atoms with E-state index in [4.69, 9.17) is 5.73 Å². The van der Waals surface area contributed by atoms with Crippen LogP contribution in [0, 0.1) is 11.8 Å². The topological polar surface area (TPSA) is 179 Å². The first-order valence-corrected chi connectivity index (χ1v) is 15.5. The number of carbonyl (C=O) groups is 4. The number of sulfonamides is 1. The molecule has 3 fully saturated rings. The van der Waals surface area contributed by atoms with E-state index in [2.05, 4.69) is 10.0 Å². The smallest absolute Gasteiger partial charge is 0.353 e. The Hall–Kier alpha value is -2.20. The summed E-state index contributed by atoms with van der Waals surface area (Å²) in [5, 5.41) is 13.2. The summed E-state index contributed by atoms with van der Waals surface area (Å²) >= 11 is 1.39. The van der Waals surface area contributed by atoms with Crippen LogP contribution in [-0.2, 0) is 29.2 Å². The molecular formula is C23H37N6O7S2+. The zero-order valence-corrected chi connectivity index (χ0v) is 23.7. The molecule has 0 aromatic carbocycles. The van der Waals surface area contributed by atoms with Crippen molar-refractivity contribution in [3.05, 3.63) is 10.6 Å². The number of thioether (sulfide) groups is 1. The van der Waals surface area contributed by atoms with Crippen molar-refractivity contribution < 1.29 is 37.2 Å². The van der Waals surface area contributed by atoms with Gasteiger partial charge in [0.25, 0.3) is 5.91 Å². The van der Waals surface area contributed by atoms with Gasteiger partial charge < -0.3 is 30.4 Å². The summed E-state index contributed by atoms with van der Waals surface area (Å²) in [5.74, 6) is -2.90. The number of nitrogens with one attached hydrogen (secondary N) is 2. The van der Waals surface area contributed by atoms with Crippen LogP contribution < -0.4 is 15.8 Å².